The Balaban J connectivity index is 2.63. The molecule has 0 saturated heterocycles. The fraction of sp³-hybridized carbons (Fsp3) is 0.455. The Morgan fingerprint density at radius 3 is 2.75 bits per heavy atom. The highest BCUT2D eigenvalue weighted by molar-refractivity contribution is 5.43. The molecule has 1 rings (SSSR count). The summed E-state index contributed by atoms with van der Waals surface area (Å²) >= 11 is 0. The van der Waals surface area contributed by atoms with Crippen LogP contribution in [0.15, 0.2) is 18.2 Å². The second-order valence-electron chi connectivity index (χ2n) is 3.40. The molecular formula is C11H15NO4. The molecular weight excluding hydrogens is 210 g/mol. The highest BCUT2D eigenvalue weighted by Crippen LogP contribution is 2.23. The van der Waals surface area contributed by atoms with E-state index in [1.54, 1.807) is 13.2 Å². The third-order valence-corrected chi connectivity index (χ3v) is 2.13. The van der Waals surface area contributed by atoms with Crippen molar-refractivity contribution in [2.24, 2.45) is 0 Å². The molecule has 0 aliphatic rings. The van der Waals surface area contributed by atoms with Crippen LogP contribution in [0.1, 0.15) is 12.0 Å². The van der Waals surface area contributed by atoms with Crippen LogP contribution in [0, 0.1) is 17.0 Å². The number of aryl methyl sites for hydroxylation is 1. The second kappa shape index (κ2) is 6.07. The molecule has 0 N–H and O–H groups in total. The molecule has 0 spiro atoms. The lowest BCUT2D eigenvalue weighted by molar-refractivity contribution is -0.384. The van der Waals surface area contributed by atoms with Gasteiger partial charge in [0.15, 0.2) is 0 Å². The zero-order chi connectivity index (χ0) is 12.0. The first kappa shape index (κ1) is 12.4. The van der Waals surface area contributed by atoms with Crippen molar-refractivity contribution < 1.29 is 14.4 Å². The number of nitro benzene ring substituents is 1. The normalized spacial score (nSPS) is 10.1. The van der Waals surface area contributed by atoms with Crippen LogP contribution >= 0.6 is 0 Å². The van der Waals surface area contributed by atoms with Crippen molar-refractivity contribution in [2.45, 2.75) is 13.3 Å². The Morgan fingerprint density at radius 2 is 2.12 bits per heavy atom. The van der Waals surface area contributed by atoms with Crippen molar-refractivity contribution in [3.8, 4) is 5.75 Å². The molecule has 0 unspecified atom stereocenters. The van der Waals surface area contributed by atoms with Gasteiger partial charge in [-0.15, -0.1) is 0 Å². The Morgan fingerprint density at radius 1 is 1.38 bits per heavy atom. The molecule has 0 radical (unpaired) electrons. The minimum absolute atomic E-state index is 0.0485. The molecule has 5 nitrogen and oxygen atoms in total. The van der Waals surface area contributed by atoms with Gasteiger partial charge in [0.05, 0.1) is 17.6 Å². The lowest BCUT2D eigenvalue weighted by Crippen LogP contribution is -2.02. The van der Waals surface area contributed by atoms with Crippen LogP contribution in [0.5, 0.6) is 5.75 Å². The van der Waals surface area contributed by atoms with E-state index in [2.05, 4.69) is 0 Å². The summed E-state index contributed by atoms with van der Waals surface area (Å²) in [6.07, 6.45) is 0.763. The molecule has 0 aromatic heterocycles. The third-order valence-electron chi connectivity index (χ3n) is 2.13. The molecule has 0 amide bonds. The van der Waals surface area contributed by atoms with E-state index in [1.807, 2.05) is 6.92 Å². The summed E-state index contributed by atoms with van der Waals surface area (Å²) in [7, 11) is 1.62. The third kappa shape index (κ3) is 3.51. The minimum atomic E-state index is -0.429. The zero-order valence-electron chi connectivity index (χ0n) is 9.43. The maximum Gasteiger partial charge on any atom is 0.273 e. The summed E-state index contributed by atoms with van der Waals surface area (Å²) in [4.78, 5) is 10.1. The van der Waals surface area contributed by atoms with Gasteiger partial charge in [0.1, 0.15) is 5.75 Å². The van der Waals surface area contributed by atoms with Crippen molar-refractivity contribution in [3.63, 3.8) is 0 Å². The lowest BCUT2D eigenvalue weighted by atomic mass is 10.2. The van der Waals surface area contributed by atoms with Crippen LogP contribution < -0.4 is 4.74 Å². The van der Waals surface area contributed by atoms with Gasteiger partial charge in [-0.2, -0.15) is 0 Å². The van der Waals surface area contributed by atoms with E-state index in [0.717, 1.165) is 12.0 Å². The number of methoxy groups -OCH3 is 1. The van der Waals surface area contributed by atoms with Crippen LogP contribution in [0.4, 0.5) is 5.69 Å². The van der Waals surface area contributed by atoms with Crippen LogP contribution in [0.2, 0.25) is 0 Å². The second-order valence-corrected chi connectivity index (χ2v) is 3.40. The Bertz CT molecular complexity index is 365. The summed E-state index contributed by atoms with van der Waals surface area (Å²) in [5.41, 5.74) is 0.940. The summed E-state index contributed by atoms with van der Waals surface area (Å²) < 4.78 is 10.3. The molecule has 1 aromatic carbocycles. The molecule has 0 heterocycles. The first-order valence-corrected chi connectivity index (χ1v) is 5.02. The van der Waals surface area contributed by atoms with Gasteiger partial charge in [0.2, 0.25) is 0 Å². The molecule has 0 atom stereocenters. The summed E-state index contributed by atoms with van der Waals surface area (Å²) in [6.45, 7) is 2.97. The van der Waals surface area contributed by atoms with Crippen molar-refractivity contribution in [2.75, 3.05) is 20.3 Å². The van der Waals surface area contributed by atoms with Gasteiger partial charge in [0, 0.05) is 26.2 Å². The molecule has 0 fully saturated rings. The smallest absolute Gasteiger partial charge is 0.273 e. The summed E-state index contributed by atoms with van der Waals surface area (Å²) in [5.74, 6) is 0.560. The molecule has 5 heteroatoms. The van der Waals surface area contributed by atoms with E-state index >= 15 is 0 Å². The van der Waals surface area contributed by atoms with E-state index < -0.39 is 4.92 Å². The number of nitro groups is 1. The SMILES string of the molecule is COCCCOc1cc([N+](=O)[O-])ccc1C. The monoisotopic (exact) mass is 225 g/mol. The van der Waals surface area contributed by atoms with E-state index in [9.17, 15) is 10.1 Å². The predicted octanol–water partition coefficient (Wildman–Crippen LogP) is 2.32. The number of hydrogen-bond acceptors (Lipinski definition) is 4. The van der Waals surface area contributed by atoms with Gasteiger partial charge in [-0.1, -0.05) is 0 Å². The fourth-order valence-electron chi connectivity index (χ4n) is 1.24. The van der Waals surface area contributed by atoms with Crippen LogP contribution in [-0.2, 0) is 4.74 Å². The Hall–Kier alpha value is -1.62. The average molecular weight is 225 g/mol. The first-order valence-electron chi connectivity index (χ1n) is 5.02. The Kier molecular flexibility index (Phi) is 4.72. The highest BCUT2D eigenvalue weighted by Gasteiger charge is 2.09. The highest BCUT2D eigenvalue weighted by atomic mass is 16.6. The largest absolute Gasteiger partial charge is 0.493 e. The average Bonchev–Trinajstić information content (AvgIpc) is 2.26. The minimum Gasteiger partial charge on any atom is -0.493 e. The number of non-ortho nitro benzene ring substituents is 1. The molecule has 16 heavy (non-hydrogen) atoms. The lowest BCUT2D eigenvalue weighted by Gasteiger charge is -2.08. The van der Waals surface area contributed by atoms with Crippen molar-refractivity contribution in [3.05, 3.63) is 33.9 Å². The topological polar surface area (TPSA) is 61.6 Å². The Labute approximate surface area is 94.1 Å². The fourth-order valence-corrected chi connectivity index (χ4v) is 1.24. The van der Waals surface area contributed by atoms with Gasteiger partial charge >= 0.3 is 0 Å². The molecule has 0 aliphatic carbocycles. The van der Waals surface area contributed by atoms with E-state index in [-0.39, 0.29) is 5.69 Å². The van der Waals surface area contributed by atoms with Gasteiger partial charge < -0.3 is 9.47 Å². The number of rotatable bonds is 6. The van der Waals surface area contributed by atoms with E-state index in [0.29, 0.717) is 19.0 Å². The van der Waals surface area contributed by atoms with Crippen molar-refractivity contribution in [1.82, 2.24) is 0 Å². The molecule has 88 valence electrons. The number of benzene rings is 1. The molecule has 0 saturated carbocycles. The maximum atomic E-state index is 10.6. The van der Waals surface area contributed by atoms with E-state index in [4.69, 9.17) is 9.47 Å². The summed E-state index contributed by atoms with van der Waals surface area (Å²) in [5, 5.41) is 10.6. The van der Waals surface area contributed by atoms with Gasteiger partial charge in [0.25, 0.3) is 5.69 Å². The zero-order valence-corrected chi connectivity index (χ0v) is 9.43. The molecule has 1 aromatic rings. The number of nitrogens with zero attached hydrogens (tertiary/aromatic N) is 1. The number of hydrogen-bond donors (Lipinski definition) is 0. The molecule has 0 bridgehead atoms. The standard InChI is InChI=1S/C11H15NO4/c1-9-4-5-10(12(13)14)8-11(9)16-7-3-6-15-2/h4-5,8H,3,6-7H2,1-2H3. The predicted molar refractivity (Wildman–Crippen MR) is 59.8 cm³/mol. The first-order chi connectivity index (χ1) is 7.65. The number of ether oxygens (including phenoxy) is 2. The van der Waals surface area contributed by atoms with Gasteiger partial charge in [-0.25, -0.2) is 0 Å². The quantitative estimate of drug-likeness (QED) is 0.423. The maximum absolute atomic E-state index is 10.6. The van der Waals surface area contributed by atoms with Crippen molar-refractivity contribution in [1.29, 1.82) is 0 Å². The van der Waals surface area contributed by atoms with Crippen molar-refractivity contribution >= 4 is 5.69 Å². The van der Waals surface area contributed by atoms with Gasteiger partial charge in [-0.05, 0) is 18.6 Å². The van der Waals surface area contributed by atoms with Crippen LogP contribution in [0.25, 0.3) is 0 Å². The van der Waals surface area contributed by atoms with Crippen LogP contribution in [-0.4, -0.2) is 25.2 Å². The van der Waals surface area contributed by atoms with E-state index in [1.165, 1.54) is 12.1 Å². The summed E-state index contributed by atoms with van der Waals surface area (Å²) in [6, 6.07) is 4.60. The molecule has 0 aliphatic heterocycles. The van der Waals surface area contributed by atoms with Crippen LogP contribution in [0.3, 0.4) is 0 Å². The van der Waals surface area contributed by atoms with Gasteiger partial charge in [-0.3, -0.25) is 10.1 Å².